The van der Waals surface area contributed by atoms with Crippen molar-refractivity contribution in [3.8, 4) is 28.4 Å². The molecule has 1 saturated carbocycles. The first-order valence-electron chi connectivity index (χ1n) is 12.4. The third-order valence-electron chi connectivity index (χ3n) is 6.77. The van der Waals surface area contributed by atoms with Gasteiger partial charge in [0.25, 0.3) is 0 Å². The molecule has 2 atom stereocenters. The number of amides is 1. The molecule has 0 spiro atoms. The number of thiazole rings is 1. The van der Waals surface area contributed by atoms with Crippen molar-refractivity contribution in [2.75, 3.05) is 10.6 Å². The zero-order valence-electron chi connectivity index (χ0n) is 20.3. The summed E-state index contributed by atoms with van der Waals surface area (Å²) in [4.78, 5) is 27.8. The molecule has 0 aliphatic heterocycles. The summed E-state index contributed by atoms with van der Waals surface area (Å²) in [6, 6.07) is 14.7. The third kappa shape index (κ3) is 4.95. The van der Waals surface area contributed by atoms with Crippen LogP contribution in [0.1, 0.15) is 25.7 Å². The Morgan fingerprint density at radius 2 is 1.97 bits per heavy atom. The van der Waals surface area contributed by atoms with Gasteiger partial charge in [-0.05, 0) is 61.7 Å². The van der Waals surface area contributed by atoms with Crippen LogP contribution in [0.15, 0.2) is 72.4 Å². The minimum Gasteiger partial charge on any atom is -0.508 e. The number of imidazole rings is 1. The van der Waals surface area contributed by atoms with E-state index >= 15 is 0 Å². The van der Waals surface area contributed by atoms with E-state index in [1.165, 1.54) is 23.5 Å². The molecule has 10 heteroatoms. The van der Waals surface area contributed by atoms with Crippen molar-refractivity contribution in [2.45, 2.75) is 31.7 Å². The topological polar surface area (TPSA) is 104 Å². The molecule has 2 aromatic carbocycles. The van der Waals surface area contributed by atoms with Crippen molar-refractivity contribution < 1.29 is 14.3 Å². The second kappa shape index (κ2) is 10.2. The van der Waals surface area contributed by atoms with Gasteiger partial charge in [0.05, 0.1) is 11.4 Å². The van der Waals surface area contributed by atoms with E-state index in [1.54, 1.807) is 36.5 Å². The molecule has 8 nitrogen and oxygen atoms in total. The van der Waals surface area contributed by atoms with Crippen molar-refractivity contribution in [1.29, 1.82) is 0 Å². The highest BCUT2D eigenvalue weighted by molar-refractivity contribution is 7.15. The molecule has 38 heavy (non-hydrogen) atoms. The average molecular weight is 529 g/mol. The number of phenols is 1. The molecule has 3 aromatic heterocycles. The number of aromatic hydroxyl groups is 1. The van der Waals surface area contributed by atoms with Crippen molar-refractivity contribution in [1.82, 2.24) is 19.4 Å². The summed E-state index contributed by atoms with van der Waals surface area (Å²) in [5.74, 6) is 0.0981. The molecule has 1 aliphatic rings. The molecule has 1 unspecified atom stereocenters. The fourth-order valence-electron chi connectivity index (χ4n) is 4.96. The number of fused-ring (bicyclic) bond motifs is 1. The van der Waals surface area contributed by atoms with Crippen molar-refractivity contribution in [2.24, 2.45) is 5.92 Å². The fraction of sp³-hybridized carbons (Fsp3) is 0.214. The van der Waals surface area contributed by atoms with Crippen LogP contribution in [0, 0.1) is 11.7 Å². The first kappa shape index (κ1) is 24.1. The van der Waals surface area contributed by atoms with Crippen LogP contribution in [-0.2, 0) is 4.79 Å². The second-order valence-electron chi connectivity index (χ2n) is 9.38. The summed E-state index contributed by atoms with van der Waals surface area (Å²) in [7, 11) is 0. The maximum atomic E-state index is 13.2. The van der Waals surface area contributed by atoms with Crippen LogP contribution in [0.4, 0.5) is 16.0 Å². The first-order valence-corrected chi connectivity index (χ1v) is 13.3. The van der Waals surface area contributed by atoms with Crippen LogP contribution in [-0.4, -0.2) is 36.4 Å². The van der Waals surface area contributed by atoms with Crippen LogP contribution < -0.4 is 10.6 Å². The number of aromatic nitrogens is 4. The third-order valence-corrected chi connectivity index (χ3v) is 7.53. The van der Waals surface area contributed by atoms with Gasteiger partial charge in [0.2, 0.25) is 11.9 Å². The number of nitrogens with one attached hydrogen (secondary N) is 2. The predicted octanol–water partition coefficient (Wildman–Crippen LogP) is 5.97. The number of nitrogens with zero attached hydrogens (tertiary/aromatic N) is 4. The lowest BCUT2D eigenvalue weighted by Crippen LogP contribution is -2.34. The summed E-state index contributed by atoms with van der Waals surface area (Å²) in [6.45, 7) is 0. The average Bonchev–Trinajstić information content (AvgIpc) is 3.52. The van der Waals surface area contributed by atoms with Gasteiger partial charge in [-0.2, -0.15) is 0 Å². The molecule has 1 fully saturated rings. The number of carbonyl (C=O) groups is 1. The van der Waals surface area contributed by atoms with Crippen LogP contribution in [0.5, 0.6) is 5.75 Å². The molecule has 0 saturated heterocycles. The summed E-state index contributed by atoms with van der Waals surface area (Å²) < 4.78 is 15.2. The molecule has 1 amide bonds. The van der Waals surface area contributed by atoms with Crippen molar-refractivity contribution in [3.63, 3.8) is 0 Å². The number of benzene rings is 2. The molecule has 0 bridgehead atoms. The number of rotatable bonds is 6. The van der Waals surface area contributed by atoms with E-state index in [9.17, 15) is 14.3 Å². The maximum Gasteiger partial charge on any atom is 0.227 e. The molecule has 6 rings (SSSR count). The quantitative estimate of drug-likeness (QED) is 0.251. The Labute approximate surface area is 222 Å². The molecule has 1 aliphatic carbocycles. The van der Waals surface area contributed by atoms with E-state index in [1.807, 2.05) is 28.1 Å². The number of halogens is 1. The molecule has 192 valence electrons. The zero-order valence-corrected chi connectivity index (χ0v) is 21.2. The number of anilines is 2. The van der Waals surface area contributed by atoms with Crippen LogP contribution in [0.3, 0.4) is 0 Å². The Morgan fingerprint density at radius 3 is 2.82 bits per heavy atom. The Kier molecular flexibility index (Phi) is 6.47. The lowest BCUT2D eigenvalue weighted by Gasteiger charge is -2.29. The lowest BCUT2D eigenvalue weighted by atomic mass is 9.85. The number of carbonyl (C=O) groups excluding carboxylic acids is 1. The molecule has 3 heterocycles. The predicted molar refractivity (Wildman–Crippen MR) is 146 cm³/mol. The molecular weight excluding hydrogens is 503 g/mol. The molecule has 5 aromatic rings. The Balaban J connectivity index is 1.22. The summed E-state index contributed by atoms with van der Waals surface area (Å²) in [5.41, 5.74) is 3.63. The smallest absolute Gasteiger partial charge is 0.227 e. The molecule has 3 N–H and O–H groups in total. The minimum atomic E-state index is -0.336. The van der Waals surface area contributed by atoms with Crippen molar-refractivity contribution >= 4 is 33.8 Å². The van der Waals surface area contributed by atoms with Gasteiger partial charge >= 0.3 is 0 Å². The van der Waals surface area contributed by atoms with Gasteiger partial charge < -0.3 is 15.7 Å². The number of hydrogen-bond donors (Lipinski definition) is 3. The SMILES string of the molecule is O=C(Nc1ccc(F)cc1)C1CCC[C@@H](Nc2nccc(-c3c(-c4cccc(O)c4)nc4sccn34)n2)C1. The number of phenolic OH excluding ortho intramolecular Hbond substituents is 1. The van der Waals surface area contributed by atoms with Gasteiger partial charge in [-0.3, -0.25) is 9.20 Å². The Morgan fingerprint density at radius 1 is 1.11 bits per heavy atom. The summed E-state index contributed by atoms with van der Waals surface area (Å²) in [6.07, 6.45) is 6.92. The second-order valence-corrected chi connectivity index (χ2v) is 10.3. The highest BCUT2D eigenvalue weighted by Crippen LogP contribution is 2.35. The van der Waals surface area contributed by atoms with Gasteiger partial charge in [-0.1, -0.05) is 18.6 Å². The van der Waals surface area contributed by atoms with E-state index in [2.05, 4.69) is 15.6 Å². The first-order chi connectivity index (χ1) is 18.5. The van der Waals surface area contributed by atoms with E-state index in [0.29, 0.717) is 23.8 Å². The van der Waals surface area contributed by atoms with Crippen LogP contribution in [0.25, 0.3) is 27.6 Å². The standard InChI is InChI=1S/C28H25FN6O2S/c29-19-7-9-20(10-8-19)31-26(37)18-4-1-5-21(15-18)32-27-30-12-11-23(33-27)25-24(17-3-2-6-22(36)16-17)34-28-35(25)13-14-38-28/h2-3,6-14,16,18,21,36H,1,4-5,15H2,(H,31,37)(H,30,32,33)/t18?,21-/m1/s1. The van der Waals surface area contributed by atoms with Gasteiger partial charge in [0, 0.05) is 41.0 Å². The molecule has 0 radical (unpaired) electrons. The van der Waals surface area contributed by atoms with Crippen molar-refractivity contribution in [3.05, 3.63) is 78.2 Å². The van der Waals surface area contributed by atoms with Gasteiger partial charge in [-0.25, -0.2) is 19.3 Å². The monoisotopic (exact) mass is 528 g/mol. The maximum absolute atomic E-state index is 13.2. The van der Waals surface area contributed by atoms with Crippen LogP contribution >= 0.6 is 11.3 Å². The highest BCUT2D eigenvalue weighted by atomic mass is 32.1. The van der Waals surface area contributed by atoms with E-state index in [4.69, 9.17) is 9.97 Å². The zero-order chi connectivity index (χ0) is 26.1. The summed E-state index contributed by atoms with van der Waals surface area (Å²) >= 11 is 1.53. The highest BCUT2D eigenvalue weighted by Gasteiger charge is 2.28. The van der Waals surface area contributed by atoms with Gasteiger partial charge in [0.15, 0.2) is 4.96 Å². The Hall–Kier alpha value is -4.31. The lowest BCUT2D eigenvalue weighted by molar-refractivity contribution is -0.120. The van der Waals surface area contributed by atoms with Gasteiger partial charge in [0.1, 0.15) is 17.3 Å². The summed E-state index contributed by atoms with van der Waals surface area (Å²) in [5, 5.41) is 18.3. The Bertz CT molecular complexity index is 1600. The van der Waals surface area contributed by atoms with Gasteiger partial charge in [-0.15, -0.1) is 11.3 Å². The van der Waals surface area contributed by atoms with E-state index in [-0.39, 0.29) is 29.4 Å². The van der Waals surface area contributed by atoms with E-state index in [0.717, 1.165) is 41.2 Å². The van der Waals surface area contributed by atoms with E-state index < -0.39 is 0 Å². The molecular formula is C28H25FN6O2S. The minimum absolute atomic E-state index is 0.0418. The van der Waals surface area contributed by atoms with Crippen LogP contribution in [0.2, 0.25) is 0 Å². The normalized spacial score (nSPS) is 17.4. The number of hydrogen-bond acceptors (Lipinski definition) is 7. The largest absolute Gasteiger partial charge is 0.508 e. The fourth-order valence-corrected chi connectivity index (χ4v) is 5.68.